The number of nitrogens with zero attached hydrogens (tertiary/aromatic N) is 1. The maximum absolute atomic E-state index is 13.4. The Morgan fingerprint density at radius 1 is 0.690 bits per heavy atom. The van der Waals surface area contributed by atoms with Crippen molar-refractivity contribution < 1.29 is 9.59 Å². The van der Waals surface area contributed by atoms with Gasteiger partial charge in [0.25, 0.3) is 11.8 Å². The summed E-state index contributed by atoms with van der Waals surface area (Å²) in [4.78, 5) is 28.0. The number of imide groups is 1. The minimum absolute atomic E-state index is 0.297. The van der Waals surface area contributed by atoms with E-state index in [2.05, 4.69) is 5.32 Å². The number of hydrogen-bond acceptors (Lipinski definition) is 3. The Kier molecular flexibility index (Phi) is 4.77. The zero-order chi connectivity index (χ0) is 20.5. The first kappa shape index (κ1) is 18.7. The lowest BCUT2D eigenvalue weighted by molar-refractivity contribution is -0.120. The molecule has 0 spiro atoms. The molecule has 0 atom stereocenters. The van der Waals surface area contributed by atoms with Crippen molar-refractivity contribution in [3.63, 3.8) is 0 Å². The normalized spacial score (nSPS) is 14.0. The van der Waals surface area contributed by atoms with Crippen LogP contribution >= 0.6 is 0 Å². The van der Waals surface area contributed by atoms with E-state index in [9.17, 15) is 9.59 Å². The molecule has 2 amide bonds. The van der Waals surface area contributed by atoms with Crippen LogP contribution in [0.3, 0.4) is 0 Å². The predicted octanol–water partition coefficient (Wildman–Crippen LogP) is 5.01. The van der Waals surface area contributed by atoms with E-state index in [0.717, 1.165) is 27.9 Å². The number of benzene rings is 3. The molecule has 0 unspecified atom stereocenters. The Labute approximate surface area is 170 Å². The number of amides is 2. The van der Waals surface area contributed by atoms with Crippen LogP contribution in [0.1, 0.15) is 22.3 Å². The summed E-state index contributed by atoms with van der Waals surface area (Å²) in [5, 5.41) is 3.21. The summed E-state index contributed by atoms with van der Waals surface area (Å²) in [5.74, 6) is -0.669. The molecule has 0 fully saturated rings. The summed E-state index contributed by atoms with van der Waals surface area (Å²) >= 11 is 0. The van der Waals surface area contributed by atoms with Gasteiger partial charge in [0, 0.05) is 5.69 Å². The number of anilines is 2. The minimum atomic E-state index is -0.349. The first-order valence-electron chi connectivity index (χ1n) is 9.54. The third kappa shape index (κ3) is 3.57. The van der Waals surface area contributed by atoms with Crippen LogP contribution in [0.5, 0.6) is 0 Å². The maximum atomic E-state index is 13.4. The van der Waals surface area contributed by atoms with E-state index < -0.39 is 0 Å². The lowest BCUT2D eigenvalue weighted by Gasteiger charge is -2.16. The molecular weight excluding hydrogens is 360 g/mol. The SMILES string of the molecule is Cc1ccc(C2=C(Nc3cccc(C)c3)C(=O)N(c3cccc(C)c3)C2=O)cc1. The summed E-state index contributed by atoms with van der Waals surface area (Å²) in [5.41, 5.74) is 5.90. The molecule has 1 aliphatic heterocycles. The van der Waals surface area contributed by atoms with Gasteiger partial charge in [0.1, 0.15) is 5.70 Å². The van der Waals surface area contributed by atoms with Crippen molar-refractivity contribution in [3.05, 3.63) is 101 Å². The second-order valence-electron chi connectivity index (χ2n) is 7.40. The molecule has 4 rings (SSSR count). The summed E-state index contributed by atoms with van der Waals surface area (Å²) in [6.45, 7) is 5.92. The van der Waals surface area contributed by atoms with E-state index >= 15 is 0 Å². The van der Waals surface area contributed by atoms with Crippen LogP contribution in [-0.4, -0.2) is 11.8 Å². The van der Waals surface area contributed by atoms with E-state index in [1.807, 2.05) is 87.5 Å². The van der Waals surface area contributed by atoms with Gasteiger partial charge >= 0.3 is 0 Å². The average molecular weight is 382 g/mol. The molecule has 0 radical (unpaired) electrons. The van der Waals surface area contributed by atoms with Crippen molar-refractivity contribution in [2.45, 2.75) is 20.8 Å². The molecule has 1 N–H and O–H groups in total. The van der Waals surface area contributed by atoms with Gasteiger partial charge in [-0.05, 0) is 61.7 Å². The molecule has 0 saturated heterocycles. The topological polar surface area (TPSA) is 49.4 Å². The lowest BCUT2D eigenvalue weighted by atomic mass is 10.0. The van der Waals surface area contributed by atoms with E-state index in [-0.39, 0.29) is 11.8 Å². The standard InChI is InChI=1S/C25H22N2O2/c1-16-10-12-19(13-11-16)22-23(26-20-8-4-6-17(2)14-20)25(29)27(24(22)28)21-9-5-7-18(3)15-21/h4-15,26H,1-3H3. The Hall–Kier alpha value is -3.66. The van der Waals surface area contributed by atoms with Crippen molar-refractivity contribution >= 4 is 28.8 Å². The molecule has 3 aromatic rings. The van der Waals surface area contributed by atoms with Crippen LogP contribution in [0.2, 0.25) is 0 Å². The molecule has 1 aliphatic rings. The highest BCUT2D eigenvalue weighted by molar-refractivity contribution is 6.46. The minimum Gasteiger partial charge on any atom is -0.350 e. The summed E-state index contributed by atoms with van der Waals surface area (Å²) < 4.78 is 0. The number of carbonyl (C=O) groups excluding carboxylic acids is 2. The highest BCUT2D eigenvalue weighted by Crippen LogP contribution is 2.34. The quantitative estimate of drug-likeness (QED) is 0.646. The number of carbonyl (C=O) groups is 2. The molecule has 29 heavy (non-hydrogen) atoms. The van der Waals surface area contributed by atoms with Gasteiger partial charge in [-0.1, -0.05) is 54.1 Å². The van der Waals surface area contributed by atoms with Gasteiger partial charge in [-0.2, -0.15) is 0 Å². The van der Waals surface area contributed by atoms with Crippen LogP contribution in [0.15, 0.2) is 78.5 Å². The third-order valence-electron chi connectivity index (χ3n) is 4.97. The van der Waals surface area contributed by atoms with Crippen molar-refractivity contribution in [1.29, 1.82) is 0 Å². The van der Waals surface area contributed by atoms with Gasteiger partial charge in [0.2, 0.25) is 0 Å². The number of nitrogens with one attached hydrogen (secondary N) is 1. The van der Waals surface area contributed by atoms with Gasteiger partial charge in [-0.25, -0.2) is 4.90 Å². The highest BCUT2D eigenvalue weighted by atomic mass is 16.2. The molecule has 144 valence electrons. The Morgan fingerprint density at radius 2 is 1.34 bits per heavy atom. The van der Waals surface area contributed by atoms with Crippen LogP contribution in [0, 0.1) is 20.8 Å². The average Bonchev–Trinajstić information content (AvgIpc) is 2.92. The van der Waals surface area contributed by atoms with Gasteiger partial charge in [0.05, 0.1) is 11.3 Å². The van der Waals surface area contributed by atoms with E-state index in [4.69, 9.17) is 0 Å². The molecule has 0 aliphatic carbocycles. The fourth-order valence-corrected chi connectivity index (χ4v) is 3.50. The zero-order valence-corrected chi connectivity index (χ0v) is 16.7. The Balaban J connectivity index is 1.83. The van der Waals surface area contributed by atoms with Crippen LogP contribution < -0.4 is 10.2 Å². The maximum Gasteiger partial charge on any atom is 0.282 e. The van der Waals surface area contributed by atoms with Gasteiger partial charge in [0.15, 0.2) is 0 Å². The fourth-order valence-electron chi connectivity index (χ4n) is 3.50. The second-order valence-corrected chi connectivity index (χ2v) is 7.40. The molecule has 0 bridgehead atoms. The molecule has 3 aromatic carbocycles. The van der Waals surface area contributed by atoms with E-state index in [1.165, 1.54) is 4.90 Å². The summed E-state index contributed by atoms with van der Waals surface area (Å²) in [7, 11) is 0. The highest BCUT2D eigenvalue weighted by Gasteiger charge is 2.40. The van der Waals surface area contributed by atoms with Crippen LogP contribution in [-0.2, 0) is 9.59 Å². The molecule has 4 heteroatoms. The molecule has 0 saturated carbocycles. The van der Waals surface area contributed by atoms with E-state index in [0.29, 0.717) is 17.0 Å². The largest absolute Gasteiger partial charge is 0.350 e. The van der Waals surface area contributed by atoms with Crippen molar-refractivity contribution in [2.75, 3.05) is 10.2 Å². The molecular formula is C25H22N2O2. The Morgan fingerprint density at radius 3 is 2.00 bits per heavy atom. The van der Waals surface area contributed by atoms with Crippen molar-refractivity contribution in [2.24, 2.45) is 0 Å². The predicted molar refractivity (Wildman–Crippen MR) is 117 cm³/mol. The summed E-state index contributed by atoms with van der Waals surface area (Å²) in [6.07, 6.45) is 0. The fraction of sp³-hybridized carbons (Fsp3) is 0.120. The molecule has 0 aromatic heterocycles. The van der Waals surface area contributed by atoms with Gasteiger partial charge in [-0.15, -0.1) is 0 Å². The van der Waals surface area contributed by atoms with Crippen LogP contribution in [0.4, 0.5) is 11.4 Å². The van der Waals surface area contributed by atoms with E-state index in [1.54, 1.807) is 6.07 Å². The molecule has 4 nitrogen and oxygen atoms in total. The first-order chi connectivity index (χ1) is 13.9. The lowest BCUT2D eigenvalue weighted by Crippen LogP contribution is -2.32. The zero-order valence-electron chi connectivity index (χ0n) is 16.7. The molecule has 1 heterocycles. The third-order valence-corrected chi connectivity index (χ3v) is 4.97. The number of hydrogen-bond donors (Lipinski definition) is 1. The Bertz CT molecular complexity index is 1140. The van der Waals surface area contributed by atoms with Crippen LogP contribution in [0.25, 0.3) is 5.57 Å². The number of aryl methyl sites for hydroxylation is 3. The van der Waals surface area contributed by atoms with Gasteiger partial charge in [-0.3, -0.25) is 9.59 Å². The van der Waals surface area contributed by atoms with Crippen molar-refractivity contribution in [3.8, 4) is 0 Å². The first-order valence-corrected chi connectivity index (χ1v) is 9.54. The smallest absolute Gasteiger partial charge is 0.282 e. The second kappa shape index (κ2) is 7.40. The van der Waals surface area contributed by atoms with Gasteiger partial charge < -0.3 is 5.32 Å². The monoisotopic (exact) mass is 382 g/mol. The summed E-state index contributed by atoms with van der Waals surface area (Å²) in [6, 6.07) is 22.8. The van der Waals surface area contributed by atoms with Crippen molar-refractivity contribution in [1.82, 2.24) is 0 Å². The number of rotatable bonds is 4.